The number of benzene rings is 1. The van der Waals surface area contributed by atoms with Gasteiger partial charge in [0.1, 0.15) is 0 Å². The van der Waals surface area contributed by atoms with Crippen LogP contribution in [0, 0.1) is 0 Å². The molecular formula is C17H13BrN2O2S2. The molecule has 0 bridgehead atoms. The monoisotopic (exact) mass is 420 g/mol. The predicted molar refractivity (Wildman–Crippen MR) is 102 cm³/mol. The number of carbonyl (C=O) groups is 2. The summed E-state index contributed by atoms with van der Waals surface area (Å²) in [5.74, 6) is -0.349. The van der Waals surface area contributed by atoms with E-state index in [9.17, 15) is 9.59 Å². The van der Waals surface area contributed by atoms with Gasteiger partial charge in [-0.15, -0.1) is 22.7 Å². The summed E-state index contributed by atoms with van der Waals surface area (Å²) >= 11 is 6.34. The van der Waals surface area contributed by atoms with Crippen molar-refractivity contribution in [2.24, 2.45) is 0 Å². The summed E-state index contributed by atoms with van der Waals surface area (Å²) < 4.78 is 1.01. The molecule has 0 radical (unpaired) electrons. The topological polar surface area (TPSA) is 58.2 Å². The fourth-order valence-electron chi connectivity index (χ4n) is 2.05. The standard InChI is InChI=1S/C17H13BrN2O2S2/c18-12-8-14(24-10-12)9-19-16(21)11-3-1-4-13(7-11)20-17(22)15-5-2-6-23-15/h1-8,10H,9H2,(H,19,21)(H,20,22). The van der Waals surface area contributed by atoms with Gasteiger partial charge in [-0.25, -0.2) is 0 Å². The first-order chi connectivity index (χ1) is 11.6. The fraction of sp³-hybridized carbons (Fsp3) is 0.0588. The number of nitrogens with one attached hydrogen (secondary N) is 2. The summed E-state index contributed by atoms with van der Waals surface area (Å²) in [5, 5.41) is 9.50. The number of thiophene rings is 2. The minimum Gasteiger partial charge on any atom is -0.347 e. The molecule has 1 aromatic carbocycles. The first kappa shape index (κ1) is 16.9. The van der Waals surface area contributed by atoms with Crippen LogP contribution in [0.3, 0.4) is 0 Å². The number of rotatable bonds is 5. The third-order valence-corrected chi connectivity index (χ3v) is 5.74. The molecule has 0 fully saturated rings. The maximum atomic E-state index is 12.3. The maximum Gasteiger partial charge on any atom is 0.265 e. The van der Waals surface area contributed by atoms with Gasteiger partial charge in [0.2, 0.25) is 0 Å². The molecule has 4 nitrogen and oxygen atoms in total. The zero-order valence-corrected chi connectivity index (χ0v) is 15.6. The van der Waals surface area contributed by atoms with E-state index < -0.39 is 0 Å². The van der Waals surface area contributed by atoms with Crippen molar-refractivity contribution >= 4 is 56.1 Å². The first-order valence-corrected chi connectivity index (χ1v) is 9.63. The summed E-state index contributed by atoms with van der Waals surface area (Å²) in [7, 11) is 0. The van der Waals surface area contributed by atoms with E-state index in [2.05, 4.69) is 26.6 Å². The lowest BCUT2D eigenvalue weighted by atomic mass is 10.2. The lowest BCUT2D eigenvalue weighted by molar-refractivity contribution is 0.0950. The molecule has 0 saturated carbocycles. The second-order valence-corrected chi connectivity index (χ2v) is 7.79. The Bertz CT molecular complexity index is 859. The molecule has 2 heterocycles. The van der Waals surface area contributed by atoms with Gasteiger partial charge in [0, 0.05) is 26.0 Å². The molecule has 0 aliphatic rings. The molecule has 2 aromatic heterocycles. The molecule has 2 amide bonds. The van der Waals surface area contributed by atoms with Crippen LogP contribution < -0.4 is 10.6 Å². The molecule has 3 rings (SSSR count). The molecule has 0 aliphatic carbocycles. The quantitative estimate of drug-likeness (QED) is 0.625. The van der Waals surface area contributed by atoms with E-state index in [1.807, 2.05) is 22.9 Å². The third kappa shape index (κ3) is 4.31. The SMILES string of the molecule is O=C(NCc1cc(Br)cs1)c1cccc(NC(=O)c2cccs2)c1. The van der Waals surface area contributed by atoms with Crippen molar-refractivity contribution in [3.63, 3.8) is 0 Å². The van der Waals surface area contributed by atoms with Crippen molar-refractivity contribution < 1.29 is 9.59 Å². The van der Waals surface area contributed by atoms with Crippen LogP contribution in [-0.4, -0.2) is 11.8 Å². The van der Waals surface area contributed by atoms with E-state index in [0.717, 1.165) is 9.35 Å². The highest BCUT2D eigenvalue weighted by molar-refractivity contribution is 9.10. The van der Waals surface area contributed by atoms with Crippen molar-refractivity contribution in [1.82, 2.24) is 5.32 Å². The van der Waals surface area contributed by atoms with E-state index >= 15 is 0 Å². The maximum absolute atomic E-state index is 12.3. The van der Waals surface area contributed by atoms with Crippen LogP contribution in [0.15, 0.2) is 57.7 Å². The van der Waals surface area contributed by atoms with Gasteiger partial charge in [-0.1, -0.05) is 12.1 Å². The molecule has 0 saturated heterocycles. The van der Waals surface area contributed by atoms with Gasteiger partial charge in [0.15, 0.2) is 0 Å². The van der Waals surface area contributed by atoms with Crippen molar-refractivity contribution in [3.8, 4) is 0 Å². The van der Waals surface area contributed by atoms with E-state index in [4.69, 9.17) is 0 Å². The van der Waals surface area contributed by atoms with Gasteiger partial charge in [-0.2, -0.15) is 0 Å². The van der Waals surface area contributed by atoms with E-state index in [1.165, 1.54) is 11.3 Å². The average Bonchev–Trinajstić information content (AvgIpc) is 3.24. The second kappa shape index (κ2) is 7.74. The van der Waals surface area contributed by atoms with Gasteiger partial charge in [-0.3, -0.25) is 9.59 Å². The highest BCUT2D eigenvalue weighted by atomic mass is 79.9. The number of amides is 2. The Hall–Kier alpha value is -1.96. The summed E-state index contributed by atoms with van der Waals surface area (Å²) in [6, 6.07) is 12.5. The van der Waals surface area contributed by atoms with Crippen molar-refractivity contribution in [1.29, 1.82) is 0 Å². The molecule has 0 atom stereocenters. The zero-order chi connectivity index (χ0) is 16.9. The lowest BCUT2D eigenvalue weighted by Gasteiger charge is -2.07. The summed E-state index contributed by atoms with van der Waals surface area (Å²) in [6.07, 6.45) is 0. The molecule has 122 valence electrons. The van der Waals surface area contributed by atoms with Crippen LogP contribution in [0.4, 0.5) is 5.69 Å². The number of anilines is 1. The lowest BCUT2D eigenvalue weighted by Crippen LogP contribution is -2.22. The number of hydrogen-bond donors (Lipinski definition) is 2. The van der Waals surface area contributed by atoms with E-state index in [-0.39, 0.29) is 11.8 Å². The summed E-state index contributed by atoms with van der Waals surface area (Å²) in [4.78, 5) is 26.0. The first-order valence-electron chi connectivity index (χ1n) is 7.08. The number of hydrogen-bond acceptors (Lipinski definition) is 4. The predicted octanol–water partition coefficient (Wildman–Crippen LogP) is 4.75. The largest absolute Gasteiger partial charge is 0.347 e. The van der Waals surface area contributed by atoms with Crippen LogP contribution >= 0.6 is 38.6 Å². The zero-order valence-electron chi connectivity index (χ0n) is 12.4. The summed E-state index contributed by atoms with van der Waals surface area (Å²) in [5.41, 5.74) is 1.11. The molecule has 2 N–H and O–H groups in total. The van der Waals surface area contributed by atoms with E-state index in [0.29, 0.717) is 22.7 Å². The summed E-state index contributed by atoms with van der Waals surface area (Å²) in [6.45, 7) is 0.473. The Balaban J connectivity index is 1.63. The molecule has 0 aliphatic heterocycles. The van der Waals surface area contributed by atoms with Gasteiger partial charge in [0.25, 0.3) is 11.8 Å². The molecular weight excluding hydrogens is 408 g/mol. The fourth-order valence-corrected chi connectivity index (χ4v) is 4.06. The van der Waals surface area contributed by atoms with Crippen LogP contribution in [0.1, 0.15) is 24.9 Å². The Morgan fingerprint density at radius 2 is 1.92 bits per heavy atom. The minimum atomic E-state index is -0.175. The van der Waals surface area contributed by atoms with Gasteiger partial charge >= 0.3 is 0 Å². The van der Waals surface area contributed by atoms with Gasteiger partial charge in [-0.05, 0) is 51.6 Å². The van der Waals surface area contributed by atoms with Crippen LogP contribution in [-0.2, 0) is 6.54 Å². The molecule has 0 unspecified atom stereocenters. The Morgan fingerprint density at radius 3 is 2.62 bits per heavy atom. The third-order valence-electron chi connectivity index (χ3n) is 3.17. The Kier molecular flexibility index (Phi) is 5.44. The minimum absolute atomic E-state index is 0.174. The van der Waals surface area contributed by atoms with Gasteiger partial charge < -0.3 is 10.6 Å². The van der Waals surface area contributed by atoms with Crippen LogP contribution in [0.2, 0.25) is 0 Å². The second-order valence-electron chi connectivity index (χ2n) is 4.93. The normalized spacial score (nSPS) is 10.4. The van der Waals surface area contributed by atoms with Gasteiger partial charge in [0.05, 0.1) is 11.4 Å². The van der Waals surface area contributed by atoms with E-state index in [1.54, 1.807) is 41.7 Å². The molecule has 24 heavy (non-hydrogen) atoms. The number of carbonyl (C=O) groups excluding carboxylic acids is 2. The smallest absolute Gasteiger partial charge is 0.265 e. The molecule has 3 aromatic rings. The van der Waals surface area contributed by atoms with Crippen LogP contribution in [0.5, 0.6) is 0 Å². The van der Waals surface area contributed by atoms with Crippen molar-refractivity contribution in [2.75, 3.05) is 5.32 Å². The number of halogens is 1. The Morgan fingerprint density at radius 1 is 1.04 bits per heavy atom. The Labute approximate surface area is 155 Å². The van der Waals surface area contributed by atoms with Crippen LogP contribution in [0.25, 0.3) is 0 Å². The average molecular weight is 421 g/mol. The van der Waals surface area contributed by atoms with Crippen molar-refractivity contribution in [3.05, 3.63) is 73.0 Å². The van der Waals surface area contributed by atoms with Crippen molar-refractivity contribution in [2.45, 2.75) is 6.54 Å². The molecule has 0 spiro atoms. The molecule has 7 heteroatoms. The highest BCUT2D eigenvalue weighted by Crippen LogP contribution is 2.20. The highest BCUT2D eigenvalue weighted by Gasteiger charge is 2.10.